The number of rotatable bonds is 7. The Kier molecular flexibility index (Phi) is 5.88. The summed E-state index contributed by atoms with van der Waals surface area (Å²) in [6.07, 6.45) is 0.730. The highest BCUT2D eigenvalue weighted by Gasteiger charge is 2.30. The average Bonchev–Trinajstić information content (AvgIpc) is 2.69. The summed E-state index contributed by atoms with van der Waals surface area (Å²) in [5.74, 6) is 0. The third-order valence-electron chi connectivity index (χ3n) is 4.33. The molecule has 0 spiro atoms. The standard InChI is InChI=1S/C23H24NOP/c1-19(2)18-23(20-12-6-3-7-13-20)24-26(25,21-14-8-4-9-15-21)22-16-10-5-11-17-22/h3-17,23H,1,18H2,2H3,(H,24,25)/t23-/m1/s1. The fourth-order valence-electron chi connectivity index (χ4n) is 3.07. The Bertz CT molecular complexity index is 848. The smallest absolute Gasteiger partial charge is 0.205 e. The molecule has 0 aliphatic heterocycles. The van der Waals surface area contributed by atoms with Crippen molar-refractivity contribution >= 4 is 17.9 Å². The second-order valence-corrected chi connectivity index (χ2v) is 9.04. The molecule has 1 atom stereocenters. The third kappa shape index (κ3) is 4.22. The fourth-order valence-corrected chi connectivity index (χ4v) is 5.52. The van der Waals surface area contributed by atoms with Crippen LogP contribution in [-0.4, -0.2) is 0 Å². The van der Waals surface area contributed by atoms with Crippen LogP contribution >= 0.6 is 7.29 Å². The lowest BCUT2D eigenvalue weighted by Gasteiger charge is -2.27. The van der Waals surface area contributed by atoms with Gasteiger partial charge in [0.2, 0.25) is 7.29 Å². The van der Waals surface area contributed by atoms with Crippen molar-refractivity contribution in [2.45, 2.75) is 19.4 Å². The van der Waals surface area contributed by atoms with Crippen LogP contribution in [0, 0.1) is 0 Å². The van der Waals surface area contributed by atoms with Gasteiger partial charge in [0.05, 0.1) is 0 Å². The second-order valence-electron chi connectivity index (χ2n) is 6.53. The largest absolute Gasteiger partial charge is 0.297 e. The van der Waals surface area contributed by atoms with E-state index in [1.54, 1.807) is 0 Å². The summed E-state index contributed by atoms with van der Waals surface area (Å²) in [5, 5.41) is 5.13. The van der Waals surface area contributed by atoms with Gasteiger partial charge >= 0.3 is 0 Å². The molecule has 0 bridgehead atoms. The number of benzene rings is 3. The van der Waals surface area contributed by atoms with E-state index in [0.717, 1.165) is 28.2 Å². The van der Waals surface area contributed by atoms with Gasteiger partial charge in [-0.25, -0.2) is 0 Å². The lowest BCUT2D eigenvalue weighted by atomic mass is 10.0. The molecule has 0 aliphatic rings. The van der Waals surface area contributed by atoms with E-state index in [2.05, 4.69) is 23.8 Å². The summed E-state index contributed by atoms with van der Waals surface area (Å²) in [6.45, 7) is 6.07. The van der Waals surface area contributed by atoms with Gasteiger partial charge in [-0.05, 0) is 43.2 Å². The first-order valence-electron chi connectivity index (χ1n) is 8.78. The lowest BCUT2D eigenvalue weighted by Crippen LogP contribution is -2.30. The van der Waals surface area contributed by atoms with E-state index in [1.807, 2.05) is 85.8 Å². The summed E-state index contributed by atoms with van der Waals surface area (Å²) in [6, 6.07) is 29.5. The van der Waals surface area contributed by atoms with Gasteiger partial charge in [0, 0.05) is 16.7 Å². The Balaban J connectivity index is 2.07. The van der Waals surface area contributed by atoms with Crippen LogP contribution in [0.4, 0.5) is 0 Å². The van der Waals surface area contributed by atoms with Crippen molar-refractivity contribution in [1.82, 2.24) is 5.09 Å². The van der Waals surface area contributed by atoms with E-state index in [0.29, 0.717) is 0 Å². The van der Waals surface area contributed by atoms with Crippen LogP contribution in [0.1, 0.15) is 24.9 Å². The first kappa shape index (κ1) is 18.4. The van der Waals surface area contributed by atoms with Crippen LogP contribution in [-0.2, 0) is 4.57 Å². The maximum atomic E-state index is 14.2. The molecule has 132 valence electrons. The van der Waals surface area contributed by atoms with Crippen LogP contribution in [0.3, 0.4) is 0 Å². The summed E-state index contributed by atoms with van der Waals surface area (Å²) < 4.78 is 14.2. The number of hydrogen-bond donors (Lipinski definition) is 1. The van der Waals surface area contributed by atoms with Crippen molar-refractivity contribution in [3.05, 3.63) is 109 Å². The molecule has 0 heterocycles. The van der Waals surface area contributed by atoms with Crippen LogP contribution in [0.15, 0.2) is 103 Å². The Morgan fingerprint density at radius 3 is 1.69 bits per heavy atom. The van der Waals surface area contributed by atoms with Gasteiger partial charge in [0.1, 0.15) is 0 Å². The molecule has 0 aliphatic carbocycles. The Morgan fingerprint density at radius 2 is 1.27 bits per heavy atom. The number of hydrogen-bond acceptors (Lipinski definition) is 1. The van der Waals surface area contributed by atoms with Gasteiger partial charge in [-0.2, -0.15) is 0 Å². The minimum atomic E-state index is -2.99. The Hall–Kier alpha value is -2.41. The summed E-state index contributed by atoms with van der Waals surface area (Å²) in [7, 11) is -2.99. The van der Waals surface area contributed by atoms with Crippen molar-refractivity contribution < 1.29 is 4.57 Å². The second kappa shape index (κ2) is 8.31. The Morgan fingerprint density at radius 1 is 0.846 bits per heavy atom. The normalized spacial score (nSPS) is 12.5. The molecule has 0 fully saturated rings. The van der Waals surface area contributed by atoms with Gasteiger partial charge in [-0.1, -0.05) is 72.3 Å². The molecular weight excluding hydrogens is 337 g/mol. The molecule has 1 N–H and O–H groups in total. The molecule has 2 nitrogen and oxygen atoms in total. The minimum absolute atomic E-state index is 0.0695. The van der Waals surface area contributed by atoms with E-state index in [9.17, 15) is 4.57 Å². The minimum Gasteiger partial charge on any atom is -0.297 e. The topological polar surface area (TPSA) is 29.1 Å². The van der Waals surface area contributed by atoms with E-state index in [4.69, 9.17) is 0 Å². The van der Waals surface area contributed by atoms with Gasteiger partial charge in [-0.3, -0.25) is 9.65 Å². The van der Waals surface area contributed by atoms with E-state index in [-0.39, 0.29) is 6.04 Å². The molecule has 3 rings (SSSR count). The zero-order chi connectivity index (χ0) is 18.4. The van der Waals surface area contributed by atoms with Crippen LogP contribution in [0.5, 0.6) is 0 Å². The highest BCUT2D eigenvalue weighted by Crippen LogP contribution is 2.42. The lowest BCUT2D eigenvalue weighted by molar-refractivity contribution is 0.559. The molecule has 0 amide bonds. The van der Waals surface area contributed by atoms with E-state index >= 15 is 0 Å². The average molecular weight is 361 g/mol. The molecule has 3 heteroatoms. The zero-order valence-corrected chi connectivity index (χ0v) is 15.9. The predicted molar refractivity (Wildman–Crippen MR) is 112 cm³/mol. The monoisotopic (exact) mass is 361 g/mol. The van der Waals surface area contributed by atoms with E-state index < -0.39 is 7.29 Å². The zero-order valence-electron chi connectivity index (χ0n) is 15.0. The van der Waals surface area contributed by atoms with Gasteiger partial charge in [0.25, 0.3) is 0 Å². The van der Waals surface area contributed by atoms with Gasteiger partial charge < -0.3 is 0 Å². The van der Waals surface area contributed by atoms with Crippen LogP contribution < -0.4 is 15.7 Å². The van der Waals surface area contributed by atoms with Crippen molar-refractivity contribution in [3.8, 4) is 0 Å². The molecule has 3 aromatic rings. The van der Waals surface area contributed by atoms with Crippen molar-refractivity contribution in [2.24, 2.45) is 0 Å². The summed E-state index contributed by atoms with van der Waals surface area (Å²) >= 11 is 0. The van der Waals surface area contributed by atoms with Gasteiger partial charge in [-0.15, -0.1) is 6.58 Å². The molecule has 0 saturated heterocycles. The summed E-state index contributed by atoms with van der Waals surface area (Å²) in [5.41, 5.74) is 2.17. The molecule has 0 radical (unpaired) electrons. The quantitative estimate of drug-likeness (QED) is 0.462. The molecule has 3 aromatic carbocycles. The van der Waals surface area contributed by atoms with Crippen LogP contribution in [0.25, 0.3) is 0 Å². The highest BCUT2D eigenvalue weighted by molar-refractivity contribution is 7.76. The predicted octanol–water partition coefficient (Wildman–Crippen LogP) is 5.21. The van der Waals surface area contributed by atoms with Gasteiger partial charge in [0.15, 0.2) is 0 Å². The number of nitrogens with one attached hydrogen (secondary N) is 1. The fraction of sp³-hybridized carbons (Fsp3) is 0.130. The molecule has 0 unspecified atom stereocenters. The first-order valence-corrected chi connectivity index (χ1v) is 10.5. The SMILES string of the molecule is C=C(C)C[C@@H](NP(=O)(c1ccccc1)c1ccccc1)c1ccccc1. The third-order valence-corrected chi connectivity index (χ3v) is 7.06. The van der Waals surface area contributed by atoms with Crippen molar-refractivity contribution in [1.29, 1.82) is 0 Å². The van der Waals surface area contributed by atoms with E-state index in [1.165, 1.54) is 0 Å². The maximum Gasteiger partial charge on any atom is 0.205 e. The molecular formula is C23H24NOP. The first-order chi connectivity index (χ1) is 12.6. The van der Waals surface area contributed by atoms with Crippen molar-refractivity contribution in [3.63, 3.8) is 0 Å². The van der Waals surface area contributed by atoms with Crippen LogP contribution in [0.2, 0.25) is 0 Å². The molecule has 26 heavy (non-hydrogen) atoms. The Labute approximate surface area is 156 Å². The highest BCUT2D eigenvalue weighted by atomic mass is 31.2. The molecule has 0 aromatic heterocycles. The summed E-state index contributed by atoms with van der Waals surface area (Å²) in [4.78, 5) is 0. The maximum absolute atomic E-state index is 14.2. The molecule has 0 saturated carbocycles. The van der Waals surface area contributed by atoms with Crippen molar-refractivity contribution in [2.75, 3.05) is 0 Å².